The van der Waals surface area contributed by atoms with Crippen molar-refractivity contribution in [2.75, 3.05) is 51.2 Å². The highest BCUT2D eigenvalue weighted by molar-refractivity contribution is 5.79. The lowest BCUT2D eigenvalue weighted by molar-refractivity contribution is 0.0601. The van der Waals surface area contributed by atoms with Crippen molar-refractivity contribution in [2.24, 2.45) is 4.99 Å². The molecule has 0 amide bonds. The van der Waals surface area contributed by atoms with Crippen LogP contribution in [0.3, 0.4) is 0 Å². The second-order valence-electron chi connectivity index (χ2n) is 8.46. The minimum Gasteiger partial charge on any atom is -0.466 e. The van der Waals surface area contributed by atoms with Crippen molar-refractivity contribution < 1.29 is 9.52 Å². The molecule has 1 unspecified atom stereocenters. The number of guanidine groups is 1. The first kappa shape index (κ1) is 23.1. The van der Waals surface area contributed by atoms with E-state index in [9.17, 15) is 5.11 Å². The SMILES string of the molecule is CCNC(=NCc1ccnc(N2CCN(C)CC2)c1)NCC(C)(O)c1cc(C)oc1C. The highest BCUT2D eigenvalue weighted by Crippen LogP contribution is 2.26. The summed E-state index contributed by atoms with van der Waals surface area (Å²) in [5.41, 5.74) is 0.831. The predicted octanol–water partition coefficient (Wildman–Crippen LogP) is 2.01. The van der Waals surface area contributed by atoms with Crippen molar-refractivity contribution in [2.45, 2.75) is 39.8 Å². The van der Waals surface area contributed by atoms with E-state index < -0.39 is 5.60 Å². The second-order valence-corrected chi connectivity index (χ2v) is 8.46. The van der Waals surface area contributed by atoms with Crippen LogP contribution in [0.1, 0.15) is 36.5 Å². The summed E-state index contributed by atoms with van der Waals surface area (Å²) in [4.78, 5) is 13.9. The summed E-state index contributed by atoms with van der Waals surface area (Å²) in [5, 5.41) is 17.5. The summed E-state index contributed by atoms with van der Waals surface area (Å²) in [5.74, 6) is 3.20. The van der Waals surface area contributed by atoms with E-state index in [0.29, 0.717) is 19.0 Å². The molecular weight excluding hydrogens is 392 g/mol. The molecule has 0 aromatic carbocycles. The first-order chi connectivity index (χ1) is 14.8. The Morgan fingerprint density at radius 3 is 2.61 bits per heavy atom. The average molecular weight is 429 g/mol. The second kappa shape index (κ2) is 10.2. The van der Waals surface area contributed by atoms with Gasteiger partial charge in [0.1, 0.15) is 22.9 Å². The Morgan fingerprint density at radius 1 is 1.23 bits per heavy atom. The van der Waals surface area contributed by atoms with Crippen molar-refractivity contribution in [1.82, 2.24) is 20.5 Å². The molecule has 170 valence electrons. The van der Waals surface area contributed by atoms with Gasteiger partial charge in [-0.3, -0.25) is 0 Å². The number of aryl methyl sites for hydroxylation is 2. The Hall–Kier alpha value is -2.58. The number of hydrogen-bond acceptors (Lipinski definition) is 6. The molecule has 1 aliphatic rings. The highest BCUT2D eigenvalue weighted by atomic mass is 16.3. The zero-order valence-electron chi connectivity index (χ0n) is 19.4. The molecule has 8 nitrogen and oxygen atoms in total. The number of aliphatic imine (C=N–C) groups is 1. The van der Waals surface area contributed by atoms with Gasteiger partial charge in [0.15, 0.2) is 5.96 Å². The average Bonchev–Trinajstić information content (AvgIpc) is 3.10. The summed E-state index contributed by atoms with van der Waals surface area (Å²) in [6.45, 7) is 13.2. The number of furan rings is 1. The van der Waals surface area contributed by atoms with Gasteiger partial charge < -0.3 is 30.0 Å². The maximum Gasteiger partial charge on any atom is 0.191 e. The maximum atomic E-state index is 11.0. The third-order valence-corrected chi connectivity index (χ3v) is 5.62. The first-order valence-corrected chi connectivity index (χ1v) is 11.0. The van der Waals surface area contributed by atoms with Gasteiger partial charge in [-0.2, -0.15) is 0 Å². The lowest BCUT2D eigenvalue weighted by Gasteiger charge is -2.33. The Morgan fingerprint density at radius 2 is 1.97 bits per heavy atom. The number of hydrogen-bond donors (Lipinski definition) is 3. The minimum absolute atomic E-state index is 0.321. The van der Waals surface area contributed by atoms with E-state index in [-0.39, 0.29) is 0 Å². The number of nitrogens with zero attached hydrogens (tertiary/aromatic N) is 4. The number of pyridine rings is 1. The summed E-state index contributed by atoms with van der Waals surface area (Å²) < 4.78 is 5.58. The Bertz CT molecular complexity index is 884. The molecule has 31 heavy (non-hydrogen) atoms. The van der Waals surface area contributed by atoms with Crippen molar-refractivity contribution >= 4 is 11.8 Å². The number of anilines is 1. The van der Waals surface area contributed by atoms with E-state index in [0.717, 1.165) is 61.2 Å². The first-order valence-electron chi connectivity index (χ1n) is 11.0. The van der Waals surface area contributed by atoms with Gasteiger partial charge in [-0.25, -0.2) is 9.98 Å². The normalized spacial score (nSPS) is 17.5. The van der Waals surface area contributed by atoms with Gasteiger partial charge in [-0.1, -0.05) is 0 Å². The van der Waals surface area contributed by atoms with Gasteiger partial charge in [0.25, 0.3) is 0 Å². The van der Waals surface area contributed by atoms with Crippen LogP contribution < -0.4 is 15.5 Å². The molecule has 3 heterocycles. The molecule has 0 saturated carbocycles. The standard InChI is InChI=1S/C23H36N6O2/c1-6-24-22(27-16-23(4,30)20-13-17(2)31-18(20)3)26-15-19-7-8-25-21(14-19)29-11-9-28(5)10-12-29/h7-8,13-14,30H,6,9-12,15-16H2,1-5H3,(H2,24,26,27). The van der Waals surface area contributed by atoms with E-state index in [4.69, 9.17) is 9.41 Å². The van der Waals surface area contributed by atoms with E-state index >= 15 is 0 Å². The summed E-state index contributed by atoms with van der Waals surface area (Å²) in [6.07, 6.45) is 1.85. The van der Waals surface area contributed by atoms with Crippen LogP contribution in [0.2, 0.25) is 0 Å². The molecule has 1 atom stereocenters. The monoisotopic (exact) mass is 428 g/mol. The quantitative estimate of drug-likeness (QED) is 0.459. The minimum atomic E-state index is -1.07. The van der Waals surface area contributed by atoms with Crippen molar-refractivity contribution in [1.29, 1.82) is 0 Å². The van der Waals surface area contributed by atoms with Gasteiger partial charge in [-0.05, 0) is 58.5 Å². The summed E-state index contributed by atoms with van der Waals surface area (Å²) >= 11 is 0. The van der Waals surface area contributed by atoms with E-state index in [1.54, 1.807) is 6.92 Å². The number of nitrogens with one attached hydrogen (secondary N) is 2. The van der Waals surface area contributed by atoms with E-state index in [1.807, 2.05) is 39.1 Å². The van der Waals surface area contributed by atoms with Crippen LogP contribution in [-0.2, 0) is 12.1 Å². The fourth-order valence-electron chi connectivity index (χ4n) is 3.80. The van der Waals surface area contributed by atoms with Crippen LogP contribution in [0.5, 0.6) is 0 Å². The van der Waals surface area contributed by atoms with Crippen molar-refractivity contribution in [3.8, 4) is 0 Å². The molecule has 1 fully saturated rings. The number of rotatable bonds is 7. The van der Waals surface area contributed by atoms with Crippen LogP contribution in [0.25, 0.3) is 0 Å². The summed E-state index contributed by atoms with van der Waals surface area (Å²) in [6, 6.07) is 6.00. The molecule has 3 rings (SSSR count). The van der Waals surface area contributed by atoms with Gasteiger partial charge in [0.2, 0.25) is 0 Å². The van der Waals surface area contributed by atoms with Crippen LogP contribution >= 0.6 is 0 Å². The van der Waals surface area contributed by atoms with Crippen LogP contribution in [0.4, 0.5) is 5.82 Å². The maximum absolute atomic E-state index is 11.0. The number of aliphatic hydroxyl groups is 1. The highest BCUT2D eigenvalue weighted by Gasteiger charge is 2.28. The topological polar surface area (TPSA) is 89.2 Å². The molecule has 0 radical (unpaired) electrons. The number of aromatic nitrogens is 1. The van der Waals surface area contributed by atoms with Crippen LogP contribution in [0, 0.1) is 13.8 Å². The largest absolute Gasteiger partial charge is 0.466 e. The van der Waals surface area contributed by atoms with Gasteiger partial charge in [0.05, 0.1) is 13.1 Å². The fourth-order valence-corrected chi connectivity index (χ4v) is 3.80. The molecule has 1 saturated heterocycles. The van der Waals surface area contributed by atoms with Gasteiger partial charge in [0, 0.05) is 44.5 Å². The molecular formula is C23H36N6O2. The smallest absolute Gasteiger partial charge is 0.191 e. The Kier molecular flexibility index (Phi) is 7.56. The number of piperazine rings is 1. The van der Waals surface area contributed by atoms with Crippen molar-refractivity contribution in [3.63, 3.8) is 0 Å². The third-order valence-electron chi connectivity index (χ3n) is 5.62. The molecule has 2 aromatic heterocycles. The van der Waals surface area contributed by atoms with Crippen LogP contribution in [-0.4, -0.2) is 67.3 Å². The third kappa shape index (κ3) is 6.21. The Balaban J connectivity index is 1.64. The molecule has 3 N–H and O–H groups in total. The molecule has 0 bridgehead atoms. The lowest BCUT2D eigenvalue weighted by atomic mass is 9.96. The van der Waals surface area contributed by atoms with Crippen molar-refractivity contribution in [3.05, 3.63) is 47.0 Å². The molecule has 0 aliphatic carbocycles. The number of likely N-dealkylation sites (N-methyl/N-ethyl adjacent to an activating group) is 1. The molecule has 1 aliphatic heterocycles. The van der Waals surface area contributed by atoms with E-state index in [2.05, 4.69) is 38.5 Å². The zero-order valence-corrected chi connectivity index (χ0v) is 19.4. The summed E-state index contributed by atoms with van der Waals surface area (Å²) in [7, 11) is 2.15. The van der Waals surface area contributed by atoms with E-state index in [1.165, 1.54) is 0 Å². The van der Waals surface area contributed by atoms with Crippen LogP contribution in [0.15, 0.2) is 33.8 Å². The predicted molar refractivity (Wildman–Crippen MR) is 125 cm³/mol. The molecule has 0 spiro atoms. The van der Waals surface area contributed by atoms with Gasteiger partial charge in [-0.15, -0.1) is 0 Å². The molecule has 2 aromatic rings. The fraction of sp³-hybridized carbons (Fsp3) is 0.565. The molecule has 8 heteroatoms. The lowest BCUT2D eigenvalue weighted by Crippen LogP contribution is -2.45. The van der Waals surface area contributed by atoms with Gasteiger partial charge >= 0.3 is 0 Å². The zero-order chi connectivity index (χ0) is 22.4. The Labute approximate surface area is 185 Å².